The minimum Gasteiger partial charge on any atom is -0.478 e. The summed E-state index contributed by atoms with van der Waals surface area (Å²) < 4.78 is 0.904. The van der Waals surface area contributed by atoms with E-state index in [4.69, 9.17) is 0 Å². The van der Waals surface area contributed by atoms with E-state index in [1.54, 1.807) is 6.07 Å². The maximum absolute atomic E-state index is 11.4. The molecule has 0 spiro atoms. The first-order valence-electron chi connectivity index (χ1n) is 6.93. The SMILES string of the molecule is O=C(O)c1ccc([N+](=O)[O-])cc1Nc1ccc(Br)c2ccccc12. The van der Waals surface area contributed by atoms with Crippen LogP contribution in [-0.2, 0) is 0 Å². The second-order valence-corrected chi connectivity index (χ2v) is 5.91. The number of non-ortho nitro benzene ring substituents is 1. The van der Waals surface area contributed by atoms with Crippen molar-refractivity contribution >= 4 is 49.7 Å². The molecule has 0 fully saturated rings. The van der Waals surface area contributed by atoms with E-state index in [2.05, 4.69) is 21.2 Å². The van der Waals surface area contributed by atoms with Gasteiger partial charge in [0.1, 0.15) is 0 Å². The molecule has 2 N–H and O–H groups in total. The van der Waals surface area contributed by atoms with Crippen LogP contribution in [0, 0.1) is 10.1 Å². The number of anilines is 2. The molecule has 0 aliphatic rings. The van der Waals surface area contributed by atoms with Crippen LogP contribution < -0.4 is 5.32 Å². The van der Waals surface area contributed by atoms with Crippen LogP contribution in [0.2, 0.25) is 0 Å². The average molecular weight is 387 g/mol. The van der Waals surface area contributed by atoms with Crippen molar-refractivity contribution in [1.29, 1.82) is 0 Å². The van der Waals surface area contributed by atoms with Gasteiger partial charge in [0.15, 0.2) is 0 Å². The van der Waals surface area contributed by atoms with E-state index < -0.39 is 10.9 Å². The molecule has 0 amide bonds. The highest BCUT2D eigenvalue weighted by atomic mass is 79.9. The Kier molecular flexibility index (Phi) is 4.18. The molecule has 0 radical (unpaired) electrons. The molecule has 7 heteroatoms. The van der Waals surface area contributed by atoms with Crippen molar-refractivity contribution in [1.82, 2.24) is 0 Å². The number of nitrogens with one attached hydrogen (secondary N) is 1. The lowest BCUT2D eigenvalue weighted by Gasteiger charge is -2.13. The third-order valence-electron chi connectivity index (χ3n) is 3.58. The zero-order chi connectivity index (χ0) is 17.3. The van der Waals surface area contributed by atoms with Crippen molar-refractivity contribution in [3.63, 3.8) is 0 Å². The topological polar surface area (TPSA) is 92.5 Å². The van der Waals surface area contributed by atoms with Crippen LogP contribution >= 0.6 is 15.9 Å². The molecule has 3 aromatic carbocycles. The van der Waals surface area contributed by atoms with Gasteiger partial charge in [0.05, 0.1) is 16.2 Å². The summed E-state index contributed by atoms with van der Waals surface area (Å²) in [5, 5.41) is 25.1. The maximum Gasteiger partial charge on any atom is 0.337 e. The molecule has 0 bridgehead atoms. The van der Waals surface area contributed by atoms with Crippen LogP contribution in [0.5, 0.6) is 0 Å². The number of carboxylic acid groups (broad SMARTS) is 1. The lowest BCUT2D eigenvalue weighted by Crippen LogP contribution is -2.04. The number of hydrogen-bond donors (Lipinski definition) is 2. The summed E-state index contributed by atoms with van der Waals surface area (Å²) in [7, 11) is 0. The molecule has 3 aromatic rings. The predicted octanol–water partition coefficient (Wildman–Crippen LogP) is 4.95. The minimum atomic E-state index is -1.16. The fourth-order valence-electron chi connectivity index (χ4n) is 2.45. The number of halogens is 1. The fourth-order valence-corrected chi connectivity index (χ4v) is 2.93. The number of carbonyl (C=O) groups is 1. The number of rotatable bonds is 4. The molecule has 24 heavy (non-hydrogen) atoms. The van der Waals surface area contributed by atoms with Crippen molar-refractivity contribution in [3.05, 3.63) is 74.7 Å². The molecule has 6 nitrogen and oxygen atoms in total. The normalized spacial score (nSPS) is 10.5. The lowest BCUT2D eigenvalue weighted by molar-refractivity contribution is -0.384. The first-order chi connectivity index (χ1) is 11.5. The first-order valence-corrected chi connectivity index (χ1v) is 7.72. The molecule has 0 aromatic heterocycles. The van der Waals surface area contributed by atoms with Crippen LogP contribution in [0.3, 0.4) is 0 Å². The van der Waals surface area contributed by atoms with Gasteiger partial charge in [0.25, 0.3) is 5.69 Å². The molecule has 0 aliphatic carbocycles. The summed E-state index contributed by atoms with van der Waals surface area (Å²) in [6.45, 7) is 0. The Hall–Kier alpha value is -2.93. The minimum absolute atomic E-state index is 0.0346. The van der Waals surface area contributed by atoms with E-state index in [0.29, 0.717) is 5.69 Å². The van der Waals surface area contributed by atoms with Crippen LogP contribution in [0.25, 0.3) is 10.8 Å². The molecule has 3 rings (SSSR count). The van der Waals surface area contributed by atoms with Crippen molar-refractivity contribution in [3.8, 4) is 0 Å². The van der Waals surface area contributed by atoms with Gasteiger partial charge in [-0.05, 0) is 23.6 Å². The Morgan fingerprint density at radius 2 is 1.75 bits per heavy atom. The van der Waals surface area contributed by atoms with Gasteiger partial charge < -0.3 is 10.4 Å². The van der Waals surface area contributed by atoms with Crippen LogP contribution in [-0.4, -0.2) is 16.0 Å². The van der Waals surface area contributed by atoms with E-state index >= 15 is 0 Å². The van der Waals surface area contributed by atoms with Gasteiger partial charge >= 0.3 is 5.97 Å². The summed E-state index contributed by atoms with van der Waals surface area (Å²) in [4.78, 5) is 21.8. The molecule has 0 heterocycles. The zero-order valence-corrected chi connectivity index (χ0v) is 13.8. The second-order valence-electron chi connectivity index (χ2n) is 5.06. The fraction of sp³-hybridized carbons (Fsp3) is 0. The molecule has 0 atom stereocenters. The first kappa shape index (κ1) is 15.9. The van der Waals surface area contributed by atoms with Gasteiger partial charge in [-0.15, -0.1) is 0 Å². The van der Waals surface area contributed by atoms with Crippen molar-refractivity contribution in [2.45, 2.75) is 0 Å². The van der Waals surface area contributed by atoms with E-state index in [1.807, 2.05) is 30.3 Å². The van der Waals surface area contributed by atoms with Crippen molar-refractivity contribution in [2.24, 2.45) is 0 Å². The van der Waals surface area contributed by atoms with Gasteiger partial charge in [0, 0.05) is 27.7 Å². The van der Waals surface area contributed by atoms with Crippen LogP contribution in [0.15, 0.2) is 59.1 Å². The Labute approximate surface area is 145 Å². The maximum atomic E-state index is 11.4. The lowest BCUT2D eigenvalue weighted by atomic mass is 10.1. The summed E-state index contributed by atoms with van der Waals surface area (Å²) in [6, 6.07) is 14.8. The molecular formula is C17H11BrN2O4. The highest BCUT2D eigenvalue weighted by Crippen LogP contribution is 2.33. The van der Waals surface area contributed by atoms with Crippen molar-refractivity contribution < 1.29 is 14.8 Å². The van der Waals surface area contributed by atoms with Gasteiger partial charge in [-0.2, -0.15) is 0 Å². The molecule has 120 valence electrons. The molecule has 0 saturated carbocycles. The quantitative estimate of drug-likeness (QED) is 0.488. The number of fused-ring (bicyclic) bond motifs is 1. The Morgan fingerprint density at radius 3 is 2.42 bits per heavy atom. The van der Waals surface area contributed by atoms with Gasteiger partial charge in [-0.1, -0.05) is 40.2 Å². The smallest absolute Gasteiger partial charge is 0.337 e. The number of nitro groups is 1. The number of hydrogen-bond acceptors (Lipinski definition) is 4. The van der Waals surface area contributed by atoms with Crippen molar-refractivity contribution in [2.75, 3.05) is 5.32 Å². The van der Waals surface area contributed by atoms with E-state index in [1.165, 1.54) is 18.2 Å². The largest absolute Gasteiger partial charge is 0.478 e. The van der Waals surface area contributed by atoms with Gasteiger partial charge in [0.2, 0.25) is 0 Å². The molecule has 0 unspecified atom stereocenters. The number of benzene rings is 3. The summed E-state index contributed by atoms with van der Waals surface area (Å²) in [6.07, 6.45) is 0. The zero-order valence-electron chi connectivity index (χ0n) is 12.2. The van der Waals surface area contributed by atoms with Gasteiger partial charge in [-0.25, -0.2) is 4.79 Å². The number of aromatic carboxylic acids is 1. The predicted molar refractivity (Wildman–Crippen MR) is 95.0 cm³/mol. The highest BCUT2D eigenvalue weighted by molar-refractivity contribution is 9.10. The Morgan fingerprint density at radius 1 is 1.04 bits per heavy atom. The van der Waals surface area contributed by atoms with Gasteiger partial charge in [-0.3, -0.25) is 10.1 Å². The number of nitrogens with zero attached hydrogens (tertiary/aromatic N) is 1. The monoisotopic (exact) mass is 386 g/mol. The summed E-state index contributed by atoms with van der Waals surface area (Å²) >= 11 is 3.47. The third kappa shape index (κ3) is 2.93. The Balaban J connectivity index is 2.15. The van der Waals surface area contributed by atoms with E-state index in [0.717, 1.165) is 15.2 Å². The van der Waals surface area contributed by atoms with E-state index in [9.17, 15) is 20.0 Å². The van der Waals surface area contributed by atoms with E-state index in [-0.39, 0.29) is 16.9 Å². The number of carboxylic acids is 1. The highest BCUT2D eigenvalue weighted by Gasteiger charge is 2.16. The number of nitro benzene ring substituents is 1. The Bertz CT molecular complexity index is 972. The van der Waals surface area contributed by atoms with Crippen LogP contribution in [0.1, 0.15) is 10.4 Å². The molecule has 0 aliphatic heterocycles. The molecular weight excluding hydrogens is 376 g/mol. The third-order valence-corrected chi connectivity index (χ3v) is 4.28. The summed E-state index contributed by atoms with van der Waals surface area (Å²) in [5.41, 5.74) is 0.623. The average Bonchev–Trinajstić information content (AvgIpc) is 2.57. The standard InChI is InChI=1S/C17H11BrN2O4/c18-14-7-8-15(12-4-2-1-3-11(12)14)19-16-9-10(20(23)24)5-6-13(16)17(21)22/h1-9,19H,(H,21,22). The second kappa shape index (κ2) is 6.29. The summed E-state index contributed by atoms with van der Waals surface area (Å²) in [5.74, 6) is -1.16. The van der Waals surface area contributed by atoms with Crippen LogP contribution in [0.4, 0.5) is 17.1 Å². The molecule has 0 saturated heterocycles.